The van der Waals surface area contributed by atoms with Crippen molar-refractivity contribution < 1.29 is 15.0 Å². The largest absolute Gasteiger partial charge is 0.465 e. The van der Waals surface area contributed by atoms with Crippen molar-refractivity contribution >= 4 is 6.09 Å². The van der Waals surface area contributed by atoms with E-state index in [1.165, 1.54) is 0 Å². The van der Waals surface area contributed by atoms with E-state index in [0.29, 0.717) is 12.0 Å². The third-order valence-electron chi connectivity index (χ3n) is 1.76. The van der Waals surface area contributed by atoms with Crippen LogP contribution in [0.2, 0.25) is 0 Å². The maximum absolute atomic E-state index is 10.1. The summed E-state index contributed by atoms with van der Waals surface area (Å²) in [6.45, 7) is 0.228. The summed E-state index contributed by atoms with van der Waals surface area (Å²) in [4.78, 5) is 14.0. The molecule has 0 bridgehead atoms. The molecule has 0 spiro atoms. The number of nitrogens with one attached hydrogen (secondary N) is 1. The minimum atomic E-state index is -1.08. The van der Waals surface area contributed by atoms with E-state index in [0.717, 1.165) is 0 Å². The van der Waals surface area contributed by atoms with E-state index in [4.69, 9.17) is 5.11 Å². The molecule has 5 heteroatoms. The van der Waals surface area contributed by atoms with Crippen LogP contribution < -0.4 is 5.32 Å². The highest BCUT2D eigenvalue weighted by atomic mass is 16.4. The molecule has 1 aromatic rings. The fourth-order valence-electron chi connectivity index (χ4n) is 1.06. The SMILES string of the molecule is O=C(O)NCCC(O)c1cccnc1. The highest BCUT2D eigenvalue weighted by molar-refractivity contribution is 5.64. The smallest absolute Gasteiger partial charge is 0.404 e. The van der Waals surface area contributed by atoms with Gasteiger partial charge in [-0.2, -0.15) is 0 Å². The Hall–Kier alpha value is -1.62. The maximum Gasteiger partial charge on any atom is 0.404 e. The molecule has 1 unspecified atom stereocenters. The Morgan fingerprint density at radius 2 is 2.43 bits per heavy atom. The van der Waals surface area contributed by atoms with Gasteiger partial charge in [-0.3, -0.25) is 4.98 Å². The van der Waals surface area contributed by atoms with E-state index in [1.54, 1.807) is 24.5 Å². The van der Waals surface area contributed by atoms with Gasteiger partial charge in [0.25, 0.3) is 0 Å². The maximum atomic E-state index is 10.1. The van der Waals surface area contributed by atoms with Crippen molar-refractivity contribution in [3.8, 4) is 0 Å². The van der Waals surface area contributed by atoms with Crippen molar-refractivity contribution in [3.05, 3.63) is 30.1 Å². The standard InChI is InChI=1S/C9H12N2O3/c12-8(3-5-11-9(13)14)7-2-1-4-10-6-7/h1-2,4,6,8,11-12H,3,5H2,(H,13,14). The van der Waals surface area contributed by atoms with Crippen LogP contribution >= 0.6 is 0 Å². The highest BCUT2D eigenvalue weighted by Crippen LogP contribution is 2.13. The van der Waals surface area contributed by atoms with E-state index >= 15 is 0 Å². The lowest BCUT2D eigenvalue weighted by Crippen LogP contribution is -2.23. The Balaban J connectivity index is 2.36. The molecule has 1 heterocycles. The van der Waals surface area contributed by atoms with Crippen LogP contribution in [0.5, 0.6) is 0 Å². The summed E-state index contributed by atoms with van der Waals surface area (Å²) in [7, 11) is 0. The third-order valence-corrected chi connectivity index (χ3v) is 1.76. The minimum Gasteiger partial charge on any atom is -0.465 e. The summed E-state index contributed by atoms with van der Waals surface area (Å²) in [6.07, 6.45) is 1.77. The lowest BCUT2D eigenvalue weighted by Gasteiger charge is -2.09. The zero-order chi connectivity index (χ0) is 10.4. The first kappa shape index (κ1) is 10.5. The van der Waals surface area contributed by atoms with Crippen LogP contribution in [0.1, 0.15) is 18.1 Å². The number of aromatic nitrogens is 1. The number of hydrogen-bond acceptors (Lipinski definition) is 3. The number of nitrogens with zero attached hydrogens (tertiary/aromatic N) is 1. The predicted molar refractivity (Wildman–Crippen MR) is 49.8 cm³/mol. The van der Waals surface area contributed by atoms with Crippen LogP contribution in [0.15, 0.2) is 24.5 Å². The normalized spacial score (nSPS) is 12.1. The molecule has 0 aliphatic heterocycles. The van der Waals surface area contributed by atoms with Crippen molar-refractivity contribution in [2.24, 2.45) is 0 Å². The zero-order valence-electron chi connectivity index (χ0n) is 7.55. The number of pyridine rings is 1. The Labute approximate surface area is 81.4 Å². The first-order valence-electron chi connectivity index (χ1n) is 4.25. The van der Waals surface area contributed by atoms with Gasteiger partial charge >= 0.3 is 6.09 Å². The second-order valence-electron chi connectivity index (χ2n) is 2.82. The molecule has 1 amide bonds. The summed E-state index contributed by atoms with van der Waals surface area (Å²) >= 11 is 0. The summed E-state index contributed by atoms with van der Waals surface area (Å²) < 4.78 is 0. The van der Waals surface area contributed by atoms with E-state index < -0.39 is 12.2 Å². The molecule has 0 aliphatic carbocycles. The average Bonchev–Trinajstić information content (AvgIpc) is 2.18. The number of amides is 1. The fraction of sp³-hybridized carbons (Fsp3) is 0.333. The summed E-state index contributed by atoms with van der Waals surface area (Å²) in [5.74, 6) is 0. The van der Waals surface area contributed by atoms with E-state index in [2.05, 4.69) is 10.3 Å². The topological polar surface area (TPSA) is 82.5 Å². The number of aliphatic hydroxyl groups excluding tert-OH is 1. The molecule has 0 fully saturated rings. The highest BCUT2D eigenvalue weighted by Gasteiger charge is 2.06. The molecule has 0 aliphatic rings. The van der Waals surface area contributed by atoms with E-state index in [1.807, 2.05) is 0 Å². The average molecular weight is 196 g/mol. The second-order valence-corrected chi connectivity index (χ2v) is 2.82. The number of hydrogen-bond donors (Lipinski definition) is 3. The molecule has 3 N–H and O–H groups in total. The Kier molecular flexibility index (Phi) is 3.87. The molecule has 1 atom stereocenters. The van der Waals surface area contributed by atoms with Crippen molar-refractivity contribution in [2.75, 3.05) is 6.54 Å². The number of rotatable bonds is 4. The Morgan fingerprint density at radius 1 is 1.64 bits per heavy atom. The van der Waals surface area contributed by atoms with Gasteiger partial charge in [0.2, 0.25) is 0 Å². The van der Waals surface area contributed by atoms with Gasteiger partial charge in [-0.25, -0.2) is 4.79 Å². The molecule has 0 aromatic carbocycles. The van der Waals surface area contributed by atoms with Crippen LogP contribution in [-0.2, 0) is 0 Å². The van der Waals surface area contributed by atoms with Crippen molar-refractivity contribution in [1.29, 1.82) is 0 Å². The van der Waals surface area contributed by atoms with E-state index in [-0.39, 0.29) is 6.54 Å². The van der Waals surface area contributed by atoms with Gasteiger partial charge in [0, 0.05) is 18.9 Å². The van der Waals surface area contributed by atoms with Crippen molar-refractivity contribution in [3.63, 3.8) is 0 Å². The summed E-state index contributed by atoms with van der Waals surface area (Å²) in [6, 6.07) is 3.47. The minimum absolute atomic E-state index is 0.228. The van der Waals surface area contributed by atoms with Crippen molar-refractivity contribution in [2.45, 2.75) is 12.5 Å². The number of carboxylic acid groups (broad SMARTS) is 1. The second kappa shape index (κ2) is 5.18. The van der Waals surface area contributed by atoms with Gasteiger partial charge in [0.1, 0.15) is 0 Å². The summed E-state index contributed by atoms with van der Waals surface area (Å²) in [5, 5.41) is 20.0. The monoisotopic (exact) mass is 196 g/mol. The van der Waals surface area contributed by atoms with Crippen LogP contribution in [0.25, 0.3) is 0 Å². The number of carbonyl (C=O) groups is 1. The molecule has 5 nitrogen and oxygen atoms in total. The summed E-state index contributed by atoms with van der Waals surface area (Å²) in [5.41, 5.74) is 0.694. The first-order valence-corrected chi connectivity index (χ1v) is 4.25. The molecule has 14 heavy (non-hydrogen) atoms. The Bertz CT molecular complexity index is 289. The van der Waals surface area contributed by atoms with Crippen LogP contribution in [0.4, 0.5) is 4.79 Å². The predicted octanol–water partition coefficient (Wildman–Crippen LogP) is 0.773. The lowest BCUT2D eigenvalue weighted by molar-refractivity contribution is 0.162. The molecule has 0 radical (unpaired) electrons. The molecule has 1 aromatic heterocycles. The molecular weight excluding hydrogens is 184 g/mol. The zero-order valence-corrected chi connectivity index (χ0v) is 7.55. The van der Waals surface area contributed by atoms with E-state index in [9.17, 15) is 9.90 Å². The van der Waals surface area contributed by atoms with Gasteiger partial charge in [0.15, 0.2) is 0 Å². The van der Waals surface area contributed by atoms with Crippen LogP contribution in [0.3, 0.4) is 0 Å². The lowest BCUT2D eigenvalue weighted by atomic mass is 10.1. The molecule has 0 saturated heterocycles. The molecular formula is C9H12N2O3. The fourth-order valence-corrected chi connectivity index (χ4v) is 1.06. The Morgan fingerprint density at radius 3 is 3.00 bits per heavy atom. The molecule has 1 rings (SSSR count). The van der Waals surface area contributed by atoms with Gasteiger partial charge < -0.3 is 15.5 Å². The van der Waals surface area contributed by atoms with Gasteiger partial charge in [-0.1, -0.05) is 6.07 Å². The third kappa shape index (κ3) is 3.40. The van der Waals surface area contributed by atoms with Crippen molar-refractivity contribution in [1.82, 2.24) is 10.3 Å². The number of aliphatic hydroxyl groups is 1. The van der Waals surface area contributed by atoms with Gasteiger partial charge in [-0.15, -0.1) is 0 Å². The first-order chi connectivity index (χ1) is 6.70. The van der Waals surface area contributed by atoms with Gasteiger partial charge in [-0.05, 0) is 18.1 Å². The van der Waals surface area contributed by atoms with Crippen LogP contribution in [0, 0.1) is 0 Å². The van der Waals surface area contributed by atoms with Gasteiger partial charge in [0.05, 0.1) is 6.10 Å². The quantitative estimate of drug-likeness (QED) is 0.664. The molecule has 76 valence electrons. The molecule has 0 saturated carbocycles. The van der Waals surface area contributed by atoms with Crippen LogP contribution in [-0.4, -0.2) is 27.8 Å².